The Balaban J connectivity index is 1.68. The minimum Gasteiger partial charge on any atom is -0.494 e. The molecule has 184 valence electrons. The van der Waals surface area contributed by atoms with Gasteiger partial charge in [0.2, 0.25) is 0 Å². The first-order chi connectivity index (χ1) is 17.2. The molecule has 3 amide bonds. The van der Waals surface area contributed by atoms with E-state index < -0.39 is 17.7 Å². The fraction of sp³-hybridized carbons (Fsp3) is 0.115. The summed E-state index contributed by atoms with van der Waals surface area (Å²) in [6, 6.07) is 16.8. The Morgan fingerprint density at radius 2 is 1.61 bits per heavy atom. The Morgan fingerprint density at radius 3 is 2.33 bits per heavy atom. The van der Waals surface area contributed by atoms with Crippen LogP contribution in [0.1, 0.15) is 21.6 Å². The van der Waals surface area contributed by atoms with Crippen molar-refractivity contribution >= 4 is 63.2 Å². The number of hydrogen-bond acceptors (Lipinski definition) is 4. The highest BCUT2D eigenvalue weighted by Crippen LogP contribution is 2.29. The molecule has 0 aliphatic rings. The van der Waals surface area contributed by atoms with Crippen molar-refractivity contribution in [2.75, 3.05) is 23.2 Å². The molecule has 0 radical (unpaired) electrons. The predicted octanol–water partition coefficient (Wildman–Crippen LogP) is 5.53. The van der Waals surface area contributed by atoms with Gasteiger partial charge >= 0.3 is 11.8 Å². The van der Waals surface area contributed by atoms with Crippen LogP contribution in [0.25, 0.3) is 10.9 Å². The van der Waals surface area contributed by atoms with Crippen LogP contribution >= 0.6 is 23.2 Å². The van der Waals surface area contributed by atoms with Gasteiger partial charge in [-0.2, -0.15) is 0 Å². The number of fused-ring (bicyclic) bond motifs is 1. The third-order valence-electron chi connectivity index (χ3n) is 5.60. The SMILES string of the molecule is COc1cccc2cc(C(=O)Nc3cccc(Cl)c3C)n(NC(=O)C(=O)Nc3ccc(C)c(Cl)c3)c12. The van der Waals surface area contributed by atoms with Crippen LogP contribution in [0.4, 0.5) is 11.4 Å². The molecule has 0 saturated carbocycles. The van der Waals surface area contributed by atoms with E-state index in [0.29, 0.717) is 43.6 Å². The second-order valence-corrected chi connectivity index (χ2v) is 8.80. The molecule has 0 saturated heterocycles. The Morgan fingerprint density at radius 1 is 0.861 bits per heavy atom. The van der Waals surface area contributed by atoms with E-state index in [1.54, 1.807) is 67.6 Å². The summed E-state index contributed by atoms with van der Waals surface area (Å²) in [5.74, 6) is -2.06. The van der Waals surface area contributed by atoms with Crippen LogP contribution in [0, 0.1) is 13.8 Å². The third kappa shape index (κ3) is 5.00. The Labute approximate surface area is 217 Å². The number of benzene rings is 3. The average Bonchev–Trinajstić information content (AvgIpc) is 3.22. The van der Waals surface area contributed by atoms with Crippen molar-refractivity contribution in [1.82, 2.24) is 4.68 Å². The number of carbonyl (C=O) groups is 3. The number of aryl methyl sites for hydroxylation is 1. The summed E-state index contributed by atoms with van der Waals surface area (Å²) in [5.41, 5.74) is 5.38. The number of hydrogen-bond donors (Lipinski definition) is 3. The van der Waals surface area contributed by atoms with E-state index >= 15 is 0 Å². The van der Waals surface area contributed by atoms with Gasteiger partial charge < -0.3 is 15.4 Å². The second-order valence-electron chi connectivity index (χ2n) is 7.99. The Hall–Kier alpha value is -4.01. The van der Waals surface area contributed by atoms with E-state index in [9.17, 15) is 14.4 Å². The van der Waals surface area contributed by atoms with Crippen molar-refractivity contribution in [2.45, 2.75) is 13.8 Å². The van der Waals surface area contributed by atoms with Crippen molar-refractivity contribution in [1.29, 1.82) is 0 Å². The van der Waals surface area contributed by atoms with Crippen molar-refractivity contribution in [3.8, 4) is 5.75 Å². The highest BCUT2D eigenvalue weighted by atomic mass is 35.5. The smallest absolute Gasteiger partial charge is 0.328 e. The molecule has 4 rings (SSSR count). The Bertz CT molecular complexity index is 1510. The molecule has 0 fully saturated rings. The molecular weight excluding hydrogens is 503 g/mol. The maximum atomic E-state index is 13.3. The zero-order chi connectivity index (χ0) is 26.0. The minimum atomic E-state index is -0.997. The molecule has 3 N–H and O–H groups in total. The van der Waals surface area contributed by atoms with Gasteiger partial charge in [-0.1, -0.05) is 47.5 Å². The standard InChI is InChI=1S/C26H22Cl2N4O4/c1-14-10-11-17(13-19(14)28)29-25(34)26(35)31-32-21(12-16-6-4-9-22(36-3)23(16)32)24(33)30-20-8-5-7-18(27)15(20)2/h4-13H,1-3H3,(H,29,34)(H,30,33)(H,31,35). The van der Waals surface area contributed by atoms with Gasteiger partial charge in [-0.05, 0) is 61.4 Å². The number of nitrogens with one attached hydrogen (secondary N) is 3. The van der Waals surface area contributed by atoms with E-state index in [2.05, 4.69) is 16.1 Å². The third-order valence-corrected chi connectivity index (χ3v) is 6.42. The van der Waals surface area contributed by atoms with Gasteiger partial charge in [0.25, 0.3) is 5.91 Å². The van der Waals surface area contributed by atoms with Crippen molar-refractivity contribution in [3.05, 3.63) is 87.5 Å². The normalized spacial score (nSPS) is 10.7. The topological polar surface area (TPSA) is 101 Å². The molecule has 0 spiro atoms. The largest absolute Gasteiger partial charge is 0.494 e. The van der Waals surface area contributed by atoms with Crippen molar-refractivity contribution in [2.24, 2.45) is 0 Å². The lowest BCUT2D eigenvalue weighted by molar-refractivity contribution is -0.133. The number of anilines is 2. The van der Waals surface area contributed by atoms with E-state index in [0.717, 1.165) is 5.56 Å². The molecule has 0 atom stereocenters. The van der Waals surface area contributed by atoms with Crippen molar-refractivity contribution < 1.29 is 19.1 Å². The lowest BCUT2D eigenvalue weighted by atomic mass is 10.2. The zero-order valence-electron chi connectivity index (χ0n) is 19.6. The molecule has 0 aliphatic heterocycles. The summed E-state index contributed by atoms with van der Waals surface area (Å²) in [6.45, 7) is 3.60. The summed E-state index contributed by atoms with van der Waals surface area (Å²) >= 11 is 12.3. The first kappa shape index (κ1) is 25.1. The number of ether oxygens (including phenoxy) is 1. The molecule has 1 aromatic heterocycles. The molecule has 4 aromatic rings. The zero-order valence-corrected chi connectivity index (χ0v) is 21.1. The molecule has 8 nitrogen and oxygen atoms in total. The first-order valence-electron chi connectivity index (χ1n) is 10.8. The van der Waals surface area contributed by atoms with Gasteiger partial charge in [0.1, 0.15) is 17.0 Å². The number of nitrogens with zero attached hydrogens (tertiary/aromatic N) is 1. The molecule has 1 heterocycles. The van der Waals surface area contributed by atoms with Crippen LogP contribution in [0.15, 0.2) is 60.7 Å². The fourth-order valence-electron chi connectivity index (χ4n) is 3.62. The predicted molar refractivity (Wildman–Crippen MR) is 142 cm³/mol. The average molecular weight is 525 g/mol. The Kier molecular flexibility index (Phi) is 7.19. The maximum Gasteiger partial charge on any atom is 0.328 e. The summed E-state index contributed by atoms with van der Waals surface area (Å²) in [4.78, 5) is 38.8. The van der Waals surface area contributed by atoms with Gasteiger partial charge in [0, 0.05) is 26.8 Å². The van der Waals surface area contributed by atoms with Gasteiger partial charge in [0.05, 0.1) is 7.11 Å². The lowest BCUT2D eigenvalue weighted by Gasteiger charge is -2.15. The molecular formula is C26H22Cl2N4O4. The van der Waals surface area contributed by atoms with Gasteiger partial charge in [-0.3, -0.25) is 19.8 Å². The van der Waals surface area contributed by atoms with Crippen LogP contribution in [0.5, 0.6) is 5.75 Å². The minimum absolute atomic E-state index is 0.0772. The van der Waals surface area contributed by atoms with Crippen LogP contribution in [-0.2, 0) is 9.59 Å². The van der Waals surface area contributed by atoms with Crippen LogP contribution in [0.2, 0.25) is 10.0 Å². The maximum absolute atomic E-state index is 13.3. The van der Waals surface area contributed by atoms with E-state index in [4.69, 9.17) is 27.9 Å². The highest BCUT2D eigenvalue weighted by molar-refractivity contribution is 6.42. The molecule has 10 heteroatoms. The summed E-state index contributed by atoms with van der Waals surface area (Å²) in [6.07, 6.45) is 0. The van der Waals surface area contributed by atoms with E-state index in [1.807, 2.05) is 6.92 Å². The quantitative estimate of drug-likeness (QED) is 0.298. The van der Waals surface area contributed by atoms with Crippen LogP contribution in [0.3, 0.4) is 0 Å². The number of para-hydroxylation sites is 1. The number of rotatable bonds is 5. The molecule has 0 bridgehead atoms. The summed E-state index contributed by atoms with van der Waals surface area (Å²) in [7, 11) is 1.47. The number of halogens is 2. The first-order valence-corrected chi connectivity index (χ1v) is 11.6. The monoisotopic (exact) mass is 524 g/mol. The van der Waals surface area contributed by atoms with E-state index in [1.165, 1.54) is 11.8 Å². The summed E-state index contributed by atoms with van der Waals surface area (Å²) in [5, 5.41) is 6.88. The number of aromatic nitrogens is 1. The van der Waals surface area contributed by atoms with E-state index in [-0.39, 0.29) is 5.69 Å². The summed E-state index contributed by atoms with van der Waals surface area (Å²) < 4.78 is 6.67. The molecule has 0 aliphatic carbocycles. The number of methoxy groups -OCH3 is 1. The van der Waals surface area contributed by atoms with Crippen molar-refractivity contribution in [3.63, 3.8) is 0 Å². The fourth-order valence-corrected chi connectivity index (χ4v) is 3.97. The van der Waals surface area contributed by atoms with Crippen LogP contribution < -0.4 is 20.8 Å². The highest BCUT2D eigenvalue weighted by Gasteiger charge is 2.23. The van der Waals surface area contributed by atoms with Gasteiger partial charge in [-0.25, -0.2) is 4.68 Å². The van der Waals surface area contributed by atoms with Gasteiger partial charge in [0.15, 0.2) is 0 Å². The molecule has 0 unspecified atom stereocenters. The lowest BCUT2D eigenvalue weighted by Crippen LogP contribution is -2.36. The number of carbonyl (C=O) groups excluding carboxylic acids is 3. The van der Waals surface area contributed by atoms with Crippen LogP contribution in [-0.4, -0.2) is 29.5 Å². The van der Waals surface area contributed by atoms with Gasteiger partial charge in [-0.15, -0.1) is 0 Å². The molecule has 3 aromatic carbocycles. The second kappa shape index (κ2) is 10.3. The molecule has 36 heavy (non-hydrogen) atoms. The number of amides is 3.